The molecule has 0 aliphatic rings. The van der Waals surface area contributed by atoms with E-state index in [2.05, 4.69) is 15.5 Å². The Bertz CT molecular complexity index is 678. The minimum Gasteiger partial charge on any atom is -0.389 e. The van der Waals surface area contributed by atoms with E-state index in [1.54, 1.807) is 0 Å². The summed E-state index contributed by atoms with van der Waals surface area (Å²) in [6.07, 6.45) is 1.28. The van der Waals surface area contributed by atoms with Crippen molar-refractivity contribution in [3.05, 3.63) is 46.9 Å². The van der Waals surface area contributed by atoms with Crippen molar-refractivity contribution in [1.29, 1.82) is 0 Å². The molecule has 0 bridgehead atoms. The predicted molar refractivity (Wildman–Crippen MR) is 68.7 cm³/mol. The molecule has 4 N–H and O–H groups in total. The number of anilines is 1. The molecule has 0 atom stereocenters. The summed E-state index contributed by atoms with van der Waals surface area (Å²) in [6.45, 7) is 0. The molecule has 0 aliphatic carbocycles. The number of aromatic nitrogens is 2. The molecule has 2 aromatic rings. The number of aromatic amines is 1. The summed E-state index contributed by atoms with van der Waals surface area (Å²) in [5.74, 6) is -5.37. The second kappa shape index (κ2) is 5.29. The molecule has 1 aromatic carbocycles. The monoisotopic (exact) mass is 300 g/mol. The lowest BCUT2D eigenvalue weighted by atomic mass is 10.2. The number of halogens is 3. The molecule has 0 radical (unpaired) electrons. The van der Waals surface area contributed by atoms with Crippen molar-refractivity contribution >= 4 is 28.9 Å². The van der Waals surface area contributed by atoms with Gasteiger partial charge in [-0.1, -0.05) is 12.2 Å². The highest BCUT2D eigenvalue weighted by Gasteiger charge is 2.17. The van der Waals surface area contributed by atoms with Gasteiger partial charge in [-0.05, 0) is 12.1 Å². The molecule has 0 saturated heterocycles. The maximum absolute atomic E-state index is 13.0. The van der Waals surface area contributed by atoms with Crippen molar-refractivity contribution in [1.82, 2.24) is 10.2 Å². The van der Waals surface area contributed by atoms with E-state index in [0.717, 1.165) is 0 Å². The minimum absolute atomic E-state index is 0.0227. The van der Waals surface area contributed by atoms with Gasteiger partial charge in [-0.2, -0.15) is 5.10 Å². The fourth-order valence-electron chi connectivity index (χ4n) is 1.44. The van der Waals surface area contributed by atoms with Gasteiger partial charge in [0.1, 0.15) is 10.8 Å². The second-order valence-corrected chi connectivity index (χ2v) is 4.17. The number of H-pyrrole nitrogens is 1. The Morgan fingerprint density at radius 2 is 1.90 bits per heavy atom. The minimum atomic E-state index is -1.65. The predicted octanol–water partition coefficient (Wildman–Crippen LogP) is 1.71. The number of hydrogen-bond donors (Lipinski definition) is 3. The fraction of sp³-hybridized carbons (Fsp3) is 0. The van der Waals surface area contributed by atoms with Crippen LogP contribution in [0.3, 0.4) is 0 Å². The van der Waals surface area contributed by atoms with Gasteiger partial charge < -0.3 is 11.1 Å². The van der Waals surface area contributed by atoms with Crippen molar-refractivity contribution in [3.63, 3.8) is 0 Å². The maximum Gasteiger partial charge on any atom is 0.257 e. The van der Waals surface area contributed by atoms with E-state index >= 15 is 0 Å². The highest BCUT2D eigenvalue weighted by Crippen LogP contribution is 2.16. The van der Waals surface area contributed by atoms with E-state index in [1.165, 1.54) is 6.20 Å². The number of thiocarbonyl (C=S) groups is 1. The van der Waals surface area contributed by atoms with Gasteiger partial charge in [-0.25, -0.2) is 13.2 Å². The third kappa shape index (κ3) is 2.62. The lowest BCUT2D eigenvalue weighted by Gasteiger charge is -2.06. The number of amides is 1. The summed E-state index contributed by atoms with van der Waals surface area (Å²) >= 11 is 4.73. The number of carbonyl (C=O) groups excluding carboxylic acids is 1. The number of benzene rings is 1. The lowest BCUT2D eigenvalue weighted by Crippen LogP contribution is -2.17. The zero-order valence-electron chi connectivity index (χ0n) is 9.71. The summed E-state index contributed by atoms with van der Waals surface area (Å²) in [7, 11) is 0. The molecular weight excluding hydrogens is 293 g/mol. The number of carbonyl (C=O) groups is 1. The van der Waals surface area contributed by atoms with E-state index in [4.69, 9.17) is 18.0 Å². The first-order valence-electron chi connectivity index (χ1n) is 5.19. The van der Waals surface area contributed by atoms with E-state index in [9.17, 15) is 18.0 Å². The van der Waals surface area contributed by atoms with Crippen LogP contribution in [0, 0.1) is 17.5 Å². The summed E-state index contributed by atoms with van der Waals surface area (Å²) < 4.78 is 38.9. The Kier molecular flexibility index (Phi) is 3.70. The Balaban J connectivity index is 2.29. The average Bonchev–Trinajstić information content (AvgIpc) is 2.83. The Hall–Kier alpha value is -2.42. The van der Waals surface area contributed by atoms with Crippen molar-refractivity contribution in [2.24, 2.45) is 5.73 Å². The Labute approximate surface area is 116 Å². The van der Waals surface area contributed by atoms with Gasteiger partial charge in [0.05, 0.1) is 11.8 Å². The molecule has 0 aliphatic heterocycles. The molecule has 0 spiro atoms. The van der Waals surface area contributed by atoms with Crippen molar-refractivity contribution in [2.75, 3.05) is 5.32 Å². The normalized spacial score (nSPS) is 10.3. The molecule has 20 heavy (non-hydrogen) atoms. The maximum atomic E-state index is 13.0. The van der Waals surface area contributed by atoms with Crippen LogP contribution in [0.2, 0.25) is 0 Å². The first kappa shape index (κ1) is 14.0. The van der Waals surface area contributed by atoms with Crippen LogP contribution in [-0.4, -0.2) is 21.1 Å². The van der Waals surface area contributed by atoms with Crippen LogP contribution in [0.4, 0.5) is 19.0 Å². The molecule has 9 heteroatoms. The van der Waals surface area contributed by atoms with Crippen LogP contribution >= 0.6 is 12.2 Å². The standard InChI is InChI=1S/C11H7F3N4OS/c12-6-1-4(2-7(13)8(6)14)11(19)17-10-5(9(15)20)3-16-18-10/h1-3H,(H2,15,20)(H2,16,17,18,19). The largest absolute Gasteiger partial charge is 0.389 e. The first-order chi connectivity index (χ1) is 9.40. The van der Waals surface area contributed by atoms with Crippen molar-refractivity contribution in [3.8, 4) is 0 Å². The van der Waals surface area contributed by atoms with Crippen molar-refractivity contribution < 1.29 is 18.0 Å². The van der Waals surface area contributed by atoms with Gasteiger partial charge in [0, 0.05) is 5.56 Å². The van der Waals surface area contributed by atoms with Gasteiger partial charge >= 0.3 is 0 Å². The zero-order valence-corrected chi connectivity index (χ0v) is 10.5. The van der Waals surface area contributed by atoms with Crippen LogP contribution in [0.5, 0.6) is 0 Å². The summed E-state index contributed by atoms with van der Waals surface area (Å²) in [5.41, 5.74) is 5.25. The third-order valence-corrected chi connectivity index (χ3v) is 2.61. The Morgan fingerprint density at radius 1 is 1.30 bits per heavy atom. The highest BCUT2D eigenvalue weighted by molar-refractivity contribution is 7.80. The fourth-order valence-corrected chi connectivity index (χ4v) is 1.60. The smallest absolute Gasteiger partial charge is 0.257 e. The van der Waals surface area contributed by atoms with E-state index in [1.807, 2.05) is 0 Å². The number of nitrogens with zero attached hydrogens (tertiary/aromatic N) is 1. The van der Waals surface area contributed by atoms with Crippen LogP contribution in [-0.2, 0) is 0 Å². The summed E-state index contributed by atoms with van der Waals surface area (Å²) in [5, 5.41) is 8.32. The van der Waals surface area contributed by atoms with E-state index < -0.39 is 28.9 Å². The molecule has 0 saturated carbocycles. The Morgan fingerprint density at radius 3 is 2.45 bits per heavy atom. The number of nitrogens with two attached hydrogens (primary N) is 1. The van der Waals surface area contributed by atoms with E-state index in [0.29, 0.717) is 12.1 Å². The van der Waals surface area contributed by atoms with Gasteiger partial charge in [0.25, 0.3) is 5.91 Å². The van der Waals surface area contributed by atoms with Crippen LogP contribution in [0.25, 0.3) is 0 Å². The van der Waals surface area contributed by atoms with E-state index in [-0.39, 0.29) is 16.4 Å². The summed E-state index contributed by atoms with van der Waals surface area (Å²) in [6, 6.07) is 1.15. The topological polar surface area (TPSA) is 83.8 Å². The second-order valence-electron chi connectivity index (χ2n) is 3.73. The number of nitrogens with one attached hydrogen (secondary N) is 2. The lowest BCUT2D eigenvalue weighted by molar-refractivity contribution is 0.102. The average molecular weight is 300 g/mol. The molecule has 2 rings (SSSR count). The molecule has 0 fully saturated rings. The molecular formula is C11H7F3N4OS. The highest BCUT2D eigenvalue weighted by atomic mass is 32.1. The zero-order chi connectivity index (χ0) is 14.9. The molecule has 5 nitrogen and oxygen atoms in total. The number of rotatable bonds is 3. The SMILES string of the molecule is NC(=S)c1cn[nH]c1NC(=O)c1cc(F)c(F)c(F)c1. The molecule has 1 heterocycles. The third-order valence-electron chi connectivity index (χ3n) is 2.39. The van der Waals surface area contributed by atoms with Crippen molar-refractivity contribution in [2.45, 2.75) is 0 Å². The van der Waals surface area contributed by atoms with Crippen LogP contribution < -0.4 is 11.1 Å². The summed E-state index contributed by atoms with van der Waals surface area (Å²) in [4.78, 5) is 11.8. The van der Waals surface area contributed by atoms with Crippen LogP contribution in [0.15, 0.2) is 18.3 Å². The van der Waals surface area contributed by atoms with Gasteiger partial charge in [0.2, 0.25) is 0 Å². The number of hydrogen-bond acceptors (Lipinski definition) is 3. The molecule has 1 aromatic heterocycles. The van der Waals surface area contributed by atoms with Crippen LogP contribution in [0.1, 0.15) is 15.9 Å². The quantitative estimate of drug-likeness (QED) is 0.595. The van der Waals surface area contributed by atoms with Gasteiger partial charge in [0.15, 0.2) is 17.5 Å². The molecule has 104 valence electrons. The van der Waals surface area contributed by atoms with Gasteiger partial charge in [-0.3, -0.25) is 9.89 Å². The molecule has 1 amide bonds. The molecule has 0 unspecified atom stereocenters. The van der Waals surface area contributed by atoms with Gasteiger partial charge in [-0.15, -0.1) is 0 Å². The first-order valence-corrected chi connectivity index (χ1v) is 5.60.